The molecule has 5 aromatic carbocycles. The average molecular weight is 603 g/mol. The highest BCUT2D eigenvalue weighted by atomic mass is 16.6. The standard InChI is InChI=1S/C39H38O6/c1-5-44-37(40)39(38(41)45-6-2)21-31-32(22-39)36(30-20-12-16-26-14-8-10-18-28(26)30)34(24-43-4)33(23-42-3)35(31)29-19-11-15-25-13-7-9-17-27(25)29/h7-20H,5-6,21-24H2,1-4H3. The third kappa shape index (κ3) is 5.18. The molecular formula is C39H38O6. The van der Waals surface area contributed by atoms with Gasteiger partial charge in [0.05, 0.1) is 26.4 Å². The maximum atomic E-state index is 13.9. The topological polar surface area (TPSA) is 71.1 Å². The minimum Gasteiger partial charge on any atom is -0.465 e. The fourth-order valence-corrected chi connectivity index (χ4v) is 7.08. The fraction of sp³-hybridized carbons (Fsp3) is 0.282. The van der Waals surface area contributed by atoms with E-state index in [-0.39, 0.29) is 26.1 Å². The zero-order chi connectivity index (χ0) is 31.6. The van der Waals surface area contributed by atoms with Crippen LogP contribution in [0.5, 0.6) is 0 Å². The Morgan fingerprint density at radius 2 is 1.00 bits per heavy atom. The van der Waals surface area contributed by atoms with Gasteiger partial charge in [-0.3, -0.25) is 9.59 Å². The lowest BCUT2D eigenvalue weighted by atomic mass is 9.80. The van der Waals surface area contributed by atoms with Crippen molar-refractivity contribution >= 4 is 33.5 Å². The van der Waals surface area contributed by atoms with E-state index in [2.05, 4.69) is 48.5 Å². The van der Waals surface area contributed by atoms with Gasteiger partial charge >= 0.3 is 11.9 Å². The van der Waals surface area contributed by atoms with E-state index in [0.717, 1.165) is 66.1 Å². The van der Waals surface area contributed by atoms with E-state index < -0.39 is 17.4 Å². The normalized spacial score (nSPS) is 13.6. The quantitative estimate of drug-likeness (QED) is 0.120. The van der Waals surface area contributed by atoms with Gasteiger partial charge in [-0.05, 0) is 79.9 Å². The van der Waals surface area contributed by atoms with Crippen molar-refractivity contribution in [3.8, 4) is 22.3 Å². The molecule has 0 bridgehead atoms. The number of ether oxygens (including phenoxy) is 4. The zero-order valence-electron chi connectivity index (χ0n) is 26.3. The van der Waals surface area contributed by atoms with Gasteiger partial charge in [-0.2, -0.15) is 0 Å². The predicted molar refractivity (Wildman–Crippen MR) is 177 cm³/mol. The molecule has 0 radical (unpaired) electrons. The minimum atomic E-state index is -1.52. The second-order valence-corrected chi connectivity index (χ2v) is 11.5. The van der Waals surface area contributed by atoms with Gasteiger partial charge in [0.1, 0.15) is 0 Å². The van der Waals surface area contributed by atoms with Crippen LogP contribution in [0.4, 0.5) is 0 Å². The maximum absolute atomic E-state index is 13.9. The number of rotatable bonds is 10. The molecule has 0 saturated carbocycles. The summed E-state index contributed by atoms with van der Waals surface area (Å²) in [5.74, 6) is -1.12. The lowest BCUT2D eigenvalue weighted by Crippen LogP contribution is -2.43. The molecule has 0 heterocycles. The van der Waals surface area contributed by atoms with Crippen LogP contribution in [0.1, 0.15) is 36.1 Å². The molecule has 6 heteroatoms. The first-order chi connectivity index (χ1) is 22.0. The summed E-state index contributed by atoms with van der Waals surface area (Å²) in [5, 5.41) is 4.34. The van der Waals surface area contributed by atoms with Gasteiger partial charge in [-0.15, -0.1) is 0 Å². The van der Waals surface area contributed by atoms with Gasteiger partial charge in [0.2, 0.25) is 0 Å². The highest BCUT2D eigenvalue weighted by molar-refractivity contribution is 6.07. The number of hydrogen-bond donors (Lipinski definition) is 0. The lowest BCUT2D eigenvalue weighted by Gasteiger charge is -2.25. The number of esters is 2. The van der Waals surface area contributed by atoms with E-state index in [4.69, 9.17) is 18.9 Å². The van der Waals surface area contributed by atoms with Gasteiger partial charge in [-0.25, -0.2) is 0 Å². The molecule has 0 unspecified atom stereocenters. The van der Waals surface area contributed by atoms with Crippen LogP contribution in [-0.2, 0) is 54.6 Å². The van der Waals surface area contributed by atoms with E-state index in [1.54, 1.807) is 28.1 Å². The van der Waals surface area contributed by atoms with Crippen LogP contribution in [0.2, 0.25) is 0 Å². The van der Waals surface area contributed by atoms with Crippen molar-refractivity contribution in [3.63, 3.8) is 0 Å². The Kier molecular flexibility index (Phi) is 8.70. The van der Waals surface area contributed by atoms with E-state index >= 15 is 0 Å². The zero-order valence-corrected chi connectivity index (χ0v) is 26.3. The average Bonchev–Trinajstić information content (AvgIpc) is 3.47. The summed E-state index contributed by atoms with van der Waals surface area (Å²) in [7, 11) is 3.38. The Bertz CT molecular complexity index is 1760. The second-order valence-electron chi connectivity index (χ2n) is 11.5. The van der Waals surface area contributed by atoms with Crippen molar-refractivity contribution in [3.05, 3.63) is 107 Å². The lowest BCUT2D eigenvalue weighted by molar-refractivity contribution is -0.171. The van der Waals surface area contributed by atoms with Gasteiger partial charge in [0.15, 0.2) is 5.41 Å². The minimum absolute atomic E-state index is 0.153. The Labute approximate surface area is 263 Å². The third-order valence-corrected chi connectivity index (χ3v) is 8.92. The summed E-state index contributed by atoms with van der Waals surface area (Å²) in [6, 6.07) is 29.0. The van der Waals surface area contributed by atoms with E-state index in [1.807, 2.05) is 36.4 Å². The van der Waals surface area contributed by atoms with Gasteiger partial charge < -0.3 is 18.9 Å². The molecule has 6 nitrogen and oxygen atoms in total. The highest BCUT2D eigenvalue weighted by Crippen LogP contribution is 2.52. The van der Waals surface area contributed by atoms with Crippen LogP contribution in [0, 0.1) is 5.41 Å². The number of methoxy groups -OCH3 is 2. The molecule has 0 aliphatic heterocycles. The first-order valence-electron chi connectivity index (χ1n) is 15.5. The molecule has 45 heavy (non-hydrogen) atoms. The van der Waals surface area contributed by atoms with Crippen LogP contribution >= 0.6 is 0 Å². The molecule has 0 spiro atoms. The smallest absolute Gasteiger partial charge is 0.324 e. The summed E-state index contributed by atoms with van der Waals surface area (Å²) in [6.45, 7) is 4.46. The molecule has 0 fully saturated rings. The van der Waals surface area contributed by atoms with Gasteiger partial charge in [0.25, 0.3) is 0 Å². The van der Waals surface area contributed by atoms with Crippen LogP contribution in [0.15, 0.2) is 84.9 Å². The van der Waals surface area contributed by atoms with Crippen molar-refractivity contribution in [2.45, 2.75) is 39.9 Å². The van der Waals surface area contributed by atoms with Gasteiger partial charge in [0, 0.05) is 27.1 Å². The Balaban J connectivity index is 1.78. The number of benzene rings is 5. The number of fused-ring (bicyclic) bond motifs is 3. The highest BCUT2D eigenvalue weighted by Gasteiger charge is 2.55. The molecule has 0 atom stereocenters. The first kappa shape index (κ1) is 30.5. The first-order valence-corrected chi connectivity index (χ1v) is 15.5. The largest absolute Gasteiger partial charge is 0.465 e. The second kappa shape index (κ2) is 12.8. The molecule has 0 amide bonds. The Hall–Kier alpha value is -4.52. The van der Waals surface area contributed by atoms with Crippen LogP contribution in [-0.4, -0.2) is 39.4 Å². The molecule has 230 valence electrons. The summed E-state index contributed by atoms with van der Waals surface area (Å²) < 4.78 is 23.1. The van der Waals surface area contributed by atoms with Crippen molar-refractivity contribution in [1.82, 2.24) is 0 Å². The molecule has 0 saturated heterocycles. The maximum Gasteiger partial charge on any atom is 0.324 e. The van der Waals surface area contributed by atoms with E-state index in [1.165, 1.54) is 0 Å². The van der Waals surface area contributed by atoms with Crippen molar-refractivity contribution in [2.75, 3.05) is 27.4 Å². The molecule has 5 aromatic rings. The molecule has 1 aliphatic carbocycles. The van der Waals surface area contributed by atoms with E-state index in [0.29, 0.717) is 13.2 Å². The van der Waals surface area contributed by atoms with Crippen molar-refractivity contribution in [2.24, 2.45) is 5.41 Å². The van der Waals surface area contributed by atoms with Gasteiger partial charge in [-0.1, -0.05) is 84.9 Å². The van der Waals surface area contributed by atoms with Crippen LogP contribution < -0.4 is 0 Å². The van der Waals surface area contributed by atoms with E-state index in [9.17, 15) is 9.59 Å². The monoisotopic (exact) mass is 602 g/mol. The molecule has 6 rings (SSSR count). The summed E-state index contributed by atoms with van der Waals surface area (Å²) in [6.07, 6.45) is 0.306. The Morgan fingerprint density at radius 1 is 0.600 bits per heavy atom. The number of carbonyl (C=O) groups excluding carboxylic acids is 2. The van der Waals surface area contributed by atoms with Crippen LogP contribution in [0.25, 0.3) is 43.8 Å². The van der Waals surface area contributed by atoms with Crippen molar-refractivity contribution < 1.29 is 28.5 Å². The summed E-state index contributed by atoms with van der Waals surface area (Å²) in [5.41, 5.74) is 6.25. The predicted octanol–water partition coefficient (Wildman–Crippen LogP) is 7.83. The Morgan fingerprint density at radius 3 is 1.40 bits per heavy atom. The third-order valence-electron chi connectivity index (χ3n) is 8.92. The molecule has 0 N–H and O–H groups in total. The number of carbonyl (C=O) groups is 2. The summed E-state index contributed by atoms with van der Waals surface area (Å²) in [4.78, 5) is 27.8. The number of hydrogen-bond acceptors (Lipinski definition) is 6. The molecular weight excluding hydrogens is 564 g/mol. The SMILES string of the molecule is CCOC(=O)C1(C(=O)OCC)Cc2c(c(-c3cccc4ccccc34)c(COC)c(COC)c2-c2cccc3ccccc23)C1. The van der Waals surface area contributed by atoms with Crippen LogP contribution in [0.3, 0.4) is 0 Å². The fourth-order valence-electron chi connectivity index (χ4n) is 7.08. The van der Waals surface area contributed by atoms with Crippen molar-refractivity contribution in [1.29, 1.82) is 0 Å². The molecule has 1 aliphatic rings. The molecule has 0 aromatic heterocycles. The summed E-state index contributed by atoms with van der Waals surface area (Å²) >= 11 is 0.